The summed E-state index contributed by atoms with van der Waals surface area (Å²) in [5.41, 5.74) is 0.420. The van der Waals surface area contributed by atoms with Crippen LogP contribution in [0.3, 0.4) is 0 Å². The molecule has 0 spiro atoms. The lowest BCUT2D eigenvalue weighted by Gasteiger charge is -2.23. The Labute approximate surface area is 175 Å². The first-order valence-corrected chi connectivity index (χ1v) is 11.8. The monoisotopic (exact) mass is 396 g/mol. The molecule has 0 heterocycles. The van der Waals surface area contributed by atoms with Gasteiger partial charge in [0, 0.05) is 31.4 Å². The summed E-state index contributed by atoms with van der Waals surface area (Å²) in [6.07, 6.45) is 20.9. The van der Waals surface area contributed by atoms with Gasteiger partial charge >= 0.3 is 5.97 Å². The Morgan fingerprint density at radius 2 is 1.14 bits per heavy atom. The first-order valence-electron chi connectivity index (χ1n) is 11.8. The van der Waals surface area contributed by atoms with Gasteiger partial charge < -0.3 is 14.9 Å². The van der Waals surface area contributed by atoms with Gasteiger partial charge in [0.2, 0.25) is 0 Å². The summed E-state index contributed by atoms with van der Waals surface area (Å²) in [7, 11) is 4.11. The number of nitrogens with zero attached hydrogens (tertiary/aromatic N) is 2. The smallest absolute Gasteiger partial charge is 0.332 e. The van der Waals surface area contributed by atoms with Crippen molar-refractivity contribution >= 4 is 5.97 Å². The van der Waals surface area contributed by atoms with Crippen molar-refractivity contribution in [3.63, 3.8) is 0 Å². The summed E-state index contributed by atoms with van der Waals surface area (Å²) in [6, 6.07) is 0. The molecule has 0 atom stereocenters. The maximum absolute atomic E-state index is 11.1. The summed E-state index contributed by atoms with van der Waals surface area (Å²) in [6.45, 7) is 6.74. The van der Waals surface area contributed by atoms with Gasteiger partial charge in [-0.15, -0.1) is 0 Å². The zero-order chi connectivity index (χ0) is 21.0. The van der Waals surface area contributed by atoms with E-state index in [1.807, 2.05) is 6.20 Å². The van der Waals surface area contributed by atoms with Gasteiger partial charge in [0.1, 0.15) is 0 Å². The molecule has 4 nitrogen and oxygen atoms in total. The van der Waals surface area contributed by atoms with Gasteiger partial charge in [-0.1, -0.05) is 90.4 Å². The van der Waals surface area contributed by atoms with E-state index >= 15 is 0 Å². The average molecular weight is 397 g/mol. The molecule has 0 unspecified atom stereocenters. The van der Waals surface area contributed by atoms with Crippen molar-refractivity contribution < 1.29 is 9.90 Å². The molecule has 0 aromatic carbocycles. The Morgan fingerprint density at radius 1 is 0.714 bits per heavy atom. The summed E-state index contributed by atoms with van der Waals surface area (Å²) in [5.74, 6) is -0.823. The number of rotatable bonds is 20. The third-order valence-electron chi connectivity index (χ3n) is 5.35. The zero-order valence-corrected chi connectivity index (χ0v) is 19.3. The van der Waals surface area contributed by atoms with Crippen molar-refractivity contribution in [1.82, 2.24) is 9.80 Å². The second kappa shape index (κ2) is 19.3. The zero-order valence-electron chi connectivity index (χ0n) is 19.3. The third kappa shape index (κ3) is 18.3. The predicted octanol–water partition coefficient (Wildman–Crippen LogP) is 6.32. The fraction of sp³-hybridized carbons (Fsp3) is 0.875. The molecule has 0 aliphatic rings. The molecule has 28 heavy (non-hydrogen) atoms. The van der Waals surface area contributed by atoms with Crippen molar-refractivity contribution in [1.29, 1.82) is 0 Å². The Morgan fingerprint density at radius 3 is 1.54 bits per heavy atom. The van der Waals surface area contributed by atoms with E-state index in [1.165, 1.54) is 83.5 Å². The molecule has 0 aliphatic carbocycles. The van der Waals surface area contributed by atoms with Gasteiger partial charge in [0.25, 0.3) is 0 Å². The van der Waals surface area contributed by atoms with Crippen LogP contribution in [0.25, 0.3) is 0 Å². The van der Waals surface area contributed by atoms with Crippen LogP contribution in [0.2, 0.25) is 0 Å². The number of likely N-dealkylation sites (N-methyl/N-ethyl adjacent to an activating group) is 1. The summed E-state index contributed by atoms with van der Waals surface area (Å²) in [5, 5.41) is 9.10. The number of carboxylic acids is 1. The molecular formula is C24H48N2O2. The van der Waals surface area contributed by atoms with Crippen LogP contribution in [0, 0.1) is 0 Å². The van der Waals surface area contributed by atoms with Crippen LogP contribution < -0.4 is 0 Å². The first-order chi connectivity index (χ1) is 13.5. The molecule has 0 aromatic heterocycles. The Bertz CT molecular complexity index is 394. The lowest BCUT2D eigenvalue weighted by molar-refractivity contribution is -0.132. The van der Waals surface area contributed by atoms with Crippen molar-refractivity contribution in [2.45, 2.75) is 104 Å². The van der Waals surface area contributed by atoms with Crippen molar-refractivity contribution in [2.24, 2.45) is 0 Å². The standard InChI is InChI=1S/C24H48N2O2/c1-5-6-7-8-9-10-11-12-13-14-15-16-17-18-19-26(21-20-25(3)4)22-23(2)24(27)28/h22H,5-21H2,1-4H3,(H,27,28). The largest absolute Gasteiger partial charge is 0.478 e. The summed E-state index contributed by atoms with van der Waals surface area (Å²) >= 11 is 0. The van der Waals surface area contributed by atoms with Gasteiger partial charge in [-0.3, -0.25) is 0 Å². The van der Waals surface area contributed by atoms with Gasteiger partial charge in [-0.05, 0) is 27.4 Å². The molecule has 0 saturated carbocycles. The Balaban J connectivity index is 3.66. The molecule has 0 radical (unpaired) electrons. The van der Waals surface area contributed by atoms with E-state index in [0.29, 0.717) is 5.57 Å². The summed E-state index contributed by atoms with van der Waals surface area (Å²) in [4.78, 5) is 15.4. The molecule has 166 valence electrons. The number of aliphatic carboxylic acids is 1. The van der Waals surface area contributed by atoms with Crippen LogP contribution in [-0.2, 0) is 4.79 Å². The normalized spacial score (nSPS) is 12.0. The second-order valence-corrected chi connectivity index (χ2v) is 8.55. The lowest BCUT2D eigenvalue weighted by atomic mass is 10.0. The van der Waals surface area contributed by atoms with Crippen molar-refractivity contribution in [2.75, 3.05) is 33.7 Å². The number of hydrogen-bond donors (Lipinski definition) is 1. The number of hydrogen-bond acceptors (Lipinski definition) is 3. The second-order valence-electron chi connectivity index (χ2n) is 8.55. The average Bonchev–Trinajstić information content (AvgIpc) is 2.65. The molecule has 0 rings (SSSR count). The molecule has 4 heteroatoms. The van der Waals surface area contributed by atoms with Crippen molar-refractivity contribution in [3.05, 3.63) is 11.8 Å². The van der Waals surface area contributed by atoms with Gasteiger partial charge in [0.05, 0.1) is 0 Å². The topological polar surface area (TPSA) is 43.8 Å². The SMILES string of the molecule is CCCCCCCCCCCCCCCCN(C=C(C)C(=O)O)CCN(C)C. The molecule has 0 amide bonds. The van der Waals surface area contributed by atoms with E-state index < -0.39 is 5.97 Å². The molecule has 0 fully saturated rings. The quantitative estimate of drug-likeness (QED) is 0.193. The number of carboxylic acid groups (broad SMARTS) is 1. The van der Waals surface area contributed by atoms with Crippen LogP contribution in [0.4, 0.5) is 0 Å². The predicted molar refractivity (Wildman–Crippen MR) is 122 cm³/mol. The van der Waals surface area contributed by atoms with Crippen LogP contribution in [-0.4, -0.2) is 54.6 Å². The Kier molecular flexibility index (Phi) is 18.6. The minimum absolute atomic E-state index is 0.420. The van der Waals surface area contributed by atoms with Gasteiger partial charge in [-0.2, -0.15) is 0 Å². The highest BCUT2D eigenvalue weighted by Gasteiger charge is 2.06. The third-order valence-corrected chi connectivity index (χ3v) is 5.35. The maximum Gasteiger partial charge on any atom is 0.332 e. The highest BCUT2D eigenvalue weighted by Crippen LogP contribution is 2.13. The van der Waals surface area contributed by atoms with Crippen LogP contribution in [0.5, 0.6) is 0 Å². The minimum atomic E-state index is -0.823. The van der Waals surface area contributed by atoms with Crippen LogP contribution in [0.1, 0.15) is 104 Å². The first kappa shape index (κ1) is 27.0. The number of carbonyl (C=O) groups is 1. The van der Waals surface area contributed by atoms with E-state index in [0.717, 1.165) is 26.1 Å². The fourth-order valence-corrected chi connectivity index (χ4v) is 3.41. The molecule has 0 bridgehead atoms. The van der Waals surface area contributed by atoms with Gasteiger partial charge in [-0.25, -0.2) is 4.79 Å². The number of unbranched alkanes of at least 4 members (excludes halogenated alkanes) is 13. The Hall–Kier alpha value is -1.03. The molecule has 0 aliphatic heterocycles. The maximum atomic E-state index is 11.1. The minimum Gasteiger partial charge on any atom is -0.478 e. The fourth-order valence-electron chi connectivity index (χ4n) is 3.41. The molecule has 1 N–H and O–H groups in total. The summed E-state index contributed by atoms with van der Waals surface area (Å²) < 4.78 is 0. The van der Waals surface area contributed by atoms with Gasteiger partial charge in [0.15, 0.2) is 0 Å². The van der Waals surface area contributed by atoms with Crippen LogP contribution >= 0.6 is 0 Å². The van der Waals surface area contributed by atoms with Crippen LogP contribution in [0.15, 0.2) is 11.8 Å². The van der Waals surface area contributed by atoms with E-state index in [4.69, 9.17) is 5.11 Å². The highest BCUT2D eigenvalue weighted by atomic mass is 16.4. The van der Waals surface area contributed by atoms with E-state index in [9.17, 15) is 4.79 Å². The van der Waals surface area contributed by atoms with E-state index in [1.54, 1.807) is 6.92 Å². The highest BCUT2D eigenvalue weighted by molar-refractivity contribution is 5.85. The lowest BCUT2D eigenvalue weighted by Crippen LogP contribution is -2.29. The molecular weight excluding hydrogens is 348 g/mol. The van der Waals surface area contributed by atoms with E-state index in [-0.39, 0.29) is 0 Å². The van der Waals surface area contributed by atoms with Crippen molar-refractivity contribution in [3.8, 4) is 0 Å². The molecule has 0 saturated heterocycles. The molecule has 0 aromatic rings. The van der Waals surface area contributed by atoms with E-state index in [2.05, 4.69) is 30.8 Å².